The molecule has 1 aliphatic rings. The van der Waals surface area contributed by atoms with E-state index in [1.807, 2.05) is 18.2 Å². The van der Waals surface area contributed by atoms with Crippen molar-refractivity contribution in [3.8, 4) is 22.9 Å². The summed E-state index contributed by atoms with van der Waals surface area (Å²) < 4.78 is 13.0. The Labute approximate surface area is 180 Å². The highest BCUT2D eigenvalue weighted by atomic mass is 35.5. The van der Waals surface area contributed by atoms with Gasteiger partial charge in [-0.2, -0.15) is 0 Å². The molecule has 2 aromatic heterocycles. The number of fused-ring (bicyclic) bond motifs is 1. The molecule has 158 valence electrons. The normalized spacial score (nSPS) is 14.4. The Morgan fingerprint density at radius 2 is 2.00 bits per heavy atom. The second kappa shape index (κ2) is 9.02. The van der Waals surface area contributed by atoms with Gasteiger partial charge in [0.05, 0.1) is 36.4 Å². The van der Waals surface area contributed by atoms with Crippen molar-refractivity contribution in [3.63, 3.8) is 0 Å². The summed E-state index contributed by atoms with van der Waals surface area (Å²) in [4.78, 5) is 23.9. The molecular formula is C22H25ClN4O3. The highest BCUT2D eigenvalue weighted by molar-refractivity contribution is 6.30. The fourth-order valence-corrected chi connectivity index (χ4v) is 3.98. The first-order valence-corrected chi connectivity index (χ1v) is 10.5. The van der Waals surface area contributed by atoms with E-state index in [9.17, 15) is 4.79 Å². The Hall–Kier alpha value is -2.64. The first-order valence-electron chi connectivity index (χ1n) is 10.1. The van der Waals surface area contributed by atoms with Crippen LogP contribution < -0.4 is 15.0 Å². The number of methoxy groups -OCH3 is 1. The van der Waals surface area contributed by atoms with E-state index < -0.39 is 0 Å². The van der Waals surface area contributed by atoms with E-state index in [2.05, 4.69) is 14.9 Å². The van der Waals surface area contributed by atoms with Gasteiger partial charge in [-0.3, -0.25) is 9.36 Å². The second-order valence-corrected chi connectivity index (χ2v) is 7.82. The van der Waals surface area contributed by atoms with Crippen molar-refractivity contribution in [2.24, 2.45) is 7.05 Å². The first kappa shape index (κ1) is 20.6. The molecule has 0 saturated carbocycles. The molecule has 8 heteroatoms. The monoisotopic (exact) mass is 428 g/mol. The summed E-state index contributed by atoms with van der Waals surface area (Å²) >= 11 is 5.93. The number of aromatic nitrogens is 3. The molecule has 0 unspecified atom stereocenters. The van der Waals surface area contributed by atoms with E-state index in [-0.39, 0.29) is 10.7 Å². The zero-order valence-electron chi connectivity index (χ0n) is 17.2. The molecule has 3 aromatic rings. The van der Waals surface area contributed by atoms with Crippen molar-refractivity contribution in [2.45, 2.75) is 19.3 Å². The Morgan fingerprint density at radius 1 is 1.20 bits per heavy atom. The number of likely N-dealkylation sites (tertiary alicyclic amines) is 1. The number of rotatable bonds is 7. The molecule has 0 atom stereocenters. The molecule has 1 saturated heterocycles. The largest absolute Gasteiger partial charge is 0.496 e. The van der Waals surface area contributed by atoms with E-state index in [1.165, 1.54) is 42.8 Å². The Balaban J connectivity index is 1.56. The van der Waals surface area contributed by atoms with Gasteiger partial charge in [0.1, 0.15) is 22.5 Å². The van der Waals surface area contributed by atoms with Gasteiger partial charge in [-0.25, -0.2) is 9.97 Å². The molecule has 4 rings (SSSR count). The third-order valence-corrected chi connectivity index (χ3v) is 5.64. The third-order valence-electron chi connectivity index (χ3n) is 5.43. The Kier molecular flexibility index (Phi) is 6.20. The maximum Gasteiger partial charge on any atom is 0.261 e. The number of nitrogens with zero attached hydrogens (tertiary/aromatic N) is 4. The van der Waals surface area contributed by atoms with Crippen LogP contribution in [0, 0.1) is 0 Å². The van der Waals surface area contributed by atoms with Crippen LogP contribution in [-0.2, 0) is 7.05 Å². The number of benzene rings is 1. The van der Waals surface area contributed by atoms with Gasteiger partial charge in [0.25, 0.3) is 5.56 Å². The SMILES string of the molecule is COc1cc(OCCCN2CCCC2)ccc1-c1nc2cnc(Cl)cc2c(=O)n1C. The van der Waals surface area contributed by atoms with E-state index >= 15 is 0 Å². The van der Waals surface area contributed by atoms with Crippen molar-refractivity contribution in [3.05, 3.63) is 46.0 Å². The van der Waals surface area contributed by atoms with Crippen LogP contribution in [0.5, 0.6) is 11.5 Å². The highest BCUT2D eigenvalue weighted by Gasteiger charge is 2.16. The maximum atomic E-state index is 12.8. The van der Waals surface area contributed by atoms with E-state index in [0.717, 1.165) is 18.7 Å². The predicted molar refractivity (Wildman–Crippen MR) is 118 cm³/mol. The number of hydrogen-bond donors (Lipinski definition) is 0. The zero-order valence-corrected chi connectivity index (χ0v) is 18.0. The van der Waals surface area contributed by atoms with Crippen LogP contribution in [-0.4, -0.2) is 52.8 Å². The van der Waals surface area contributed by atoms with Crippen molar-refractivity contribution < 1.29 is 9.47 Å². The standard InChI is InChI=1S/C22H25ClN4O3/c1-26-21(25-18-14-24-20(23)13-17(18)22(26)28)16-7-6-15(12-19(16)29-2)30-11-5-10-27-8-3-4-9-27/h6-7,12-14H,3-5,8-11H2,1-2H3. The summed E-state index contributed by atoms with van der Waals surface area (Å²) in [6.07, 6.45) is 5.09. The topological polar surface area (TPSA) is 69.5 Å². The van der Waals surface area contributed by atoms with Gasteiger partial charge in [-0.1, -0.05) is 11.6 Å². The predicted octanol–water partition coefficient (Wildman–Crippen LogP) is 3.52. The minimum atomic E-state index is -0.191. The summed E-state index contributed by atoms with van der Waals surface area (Å²) in [5.74, 6) is 1.82. The maximum absolute atomic E-state index is 12.8. The summed E-state index contributed by atoms with van der Waals surface area (Å²) in [7, 11) is 3.27. The van der Waals surface area contributed by atoms with E-state index in [1.54, 1.807) is 14.2 Å². The lowest BCUT2D eigenvalue weighted by molar-refractivity contribution is 0.262. The molecule has 0 N–H and O–H groups in total. The third kappa shape index (κ3) is 4.27. The minimum Gasteiger partial charge on any atom is -0.496 e. The molecule has 1 aliphatic heterocycles. The molecule has 1 fully saturated rings. The Bertz CT molecular complexity index is 1110. The molecule has 0 spiro atoms. The molecule has 30 heavy (non-hydrogen) atoms. The number of pyridine rings is 1. The quantitative estimate of drug-likeness (QED) is 0.423. The van der Waals surface area contributed by atoms with Gasteiger partial charge in [0.2, 0.25) is 0 Å². The summed E-state index contributed by atoms with van der Waals surface area (Å²) in [6, 6.07) is 7.11. The van der Waals surface area contributed by atoms with E-state index in [0.29, 0.717) is 34.6 Å². The molecule has 0 aliphatic carbocycles. The summed E-state index contributed by atoms with van der Waals surface area (Å²) in [5, 5.41) is 0.691. The van der Waals surface area contributed by atoms with Crippen molar-refractivity contribution >= 4 is 22.5 Å². The molecule has 1 aromatic carbocycles. The van der Waals surface area contributed by atoms with Gasteiger partial charge in [0, 0.05) is 19.7 Å². The lowest BCUT2D eigenvalue weighted by Gasteiger charge is -2.16. The lowest BCUT2D eigenvalue weighted by Crippen LogP contribution is -2.22. The number of halogens is 1. The van der Waals surface area contributed by atoms with Gasteiger partial charge < -0.3 is 14.4 Å². The molecule has 0 amide bonds. The van der Waals surface area contributed by atoms with Crippen LogP contribution >= 0.6 is 11.6 Å². The van der Waals surface area contributed by atoms with Crippen molar-refractivity contribution in [1.29, 1.82) is 0 Å². The van der Waals surface area contributed by atoms with Gasteiger partial charge in [-0.05, 0) is 50.6 Å². The van der Waals surface area contributed by atoms with Crippen molar-refractivity contribution in [2.75, 3.05) is 33.4 Å². The summed E-state index contributed by atoms with van der Waals surface area (Å²) in [6.45, 7) is 4.11. The number of hydrogen-bond acceptors (Lipinski definition) is 6. The average molecular weight is 429 g/mol. The highest BCUT2D eigenvalue weighted by Crippen LogP contribution is 2.32. The first-order chi connectivity index (χ1) is 14.6. The fourth-order valence-electron chi connectivity index (χ4n) is 3.82. The van der Waals surface area contributed by atoms with Gasteiger partial charge in [-0.15, -0.1) is 0 Å². The van der Waals surface area contributed by atoms with Crippen LogP contribution in [0.1, 0.15) is 19.3 Å². The molecule has 3 heterocycles. The van der Waals surface area contributed by atoms with Crippen LogP contribution in [0.2, 0.25) is 5.15 Å². The molecule has 0 bridgehead atoms. The fraction of sp³-hybridized carbons (Fsp3) is 0.409. The van der Waals surface area contributed by atoms with Crippen LogP contribution in [0.3, 0.4) is 0 Å². The average Bonchev–Trinajstić information content (AvgIpc) is 3.28. The van der Waals surface area contributed by atoms with Gasteiger partial charge in [0.15, 0.2) is 0 Å². The molecular weight excluding hydrogens is 404 g/mol. The molecule has 0 radical (unpaired) electrons. The smallest absolute Gasteiger partial charge is 0.261 e. The van der Waals surface area contributed by atoms with Crippen LogP contribution in [0.4, 0.5) is 0 Å². The minimum absolute atomic E-state index is 0.191. The Morgan fingerprint density at radius 3 is 2.77 bits per heavy atom. The van der Waals surface area contributed by atoms with Crippen LogP contribution in [0.15, 0.2) is 35.3 Å². The van der Waals surface area contributed by atoms with E-state index in [4.69, 9.17) is 21.1 Å². The van der Waals surface area contributed by atoms with Crippen molar-refractivity contribution in [1.82, 2.24) is 19.4 Å². The number of ether oxygens (including phenoxy) is 2. The zero-order chi connectivity index (χ0) is 21.1. The summed E-state index contributed by atoms with van der Waals surface area (Å²) in [5.41, 5.74) is 1.00. The lowest BCUT2D eigenvalue weighted by atomic mass is 10.1. The second-order valence-electron chi connectivity index (χ2n) is 7.44. The molecule has 7 nitrogen and oxygen atoms in total. The van der Waals surface area contributed by atoms with Crippen LogP contribution in [0.25, 0.3) is 22.3 Å². The van der Waals surface area contributed by atoms with Gasteiger partial charge >= 0.3 is 0 Å².